The molecule has 0 aromatic heterocycles. The third kappa shape index (κ3) is 2.57. The fourth-order valence-electron chi connectivity index (χ4n) is 1.81. The van der Waals surface area contributed by atoms with E-state index in [1.54, 1.807) is 0 Å². The van der Waals surface area contributed by atoms with Crippen LogP contribution in [0.1, 0.15) is 25.7 Å². The van der Waals surface area contributed by atoms with Crippen molar-refractivity contribution in [1.29, 1.82) is 0 Å². The summed E-state index contributed by atoms with van der Waals surface area (Å²) in [7, 11) is 0. The highest BCUT2D eigenvalue weighted by molar-refractivity contribution is 4.89. The Morgan fingerprint density at radius 1 is 1.46 bits per heavy atom. The molecule has 0 aromatic rings. The van der Waals surface area contributed by atoms with Gasteiger partial charge in [0, 0.05) is 6.54 Å². The van der Waals surface area contributed by atoms with Crippen LogP contribution in [0.4, 0.5) is 13.2 Å². The fourth-order valence-corrected chi connectivity index (χ4v) is 1.81. The van der Waals surface area contributed by atoms with E-state index >= 15 is 0 Å². The van der Waals surface area contributed by atoms with Crippen LogP contribution < -0.4 is 5.73 Å². The molecule has 0 spiro atoms. The molecule has 1 rings (SSSR count). The van der Waals surface area contributed by atoms with E-state index in [0.717, 1.165) is 0 Å². The van der Waals surface area contributed by atoms with Crippen LogP contribution in [0.3, 0.4) is 0 Å². The summed E-state index contributed by atoms with van der Waals surface area (Å²) in [4.78, 5) is 0. The van der Waals surface area contributed by atoms with E-state index in [9.17, 15) is 18.3 Å². The standard InChI is InChI=1S/C8H14F3NO/c9-8(10,11)6-2-1-3-7(13,4-6)5-12/h6,13H,1-5,12H2/t6-,7+/m1/s1. The maximum absolute atomic E-state index is 12.3. The van der Waals surface area contributed by atoms with E-state index in [1.165, 1.54) is 0 Å². The van der Waals surface area contributed by atoms with Crippen molar-refractivity contribution in [2.24, 2.45) is 11.7 Å². The van der Waals surface area contributed by atoms with E-state index in [2.05, 4.69) is 0 Å². The summed E-state index contributed by atoms with van der Waals surface area (Å²) in [5, 5.41) is 9.59. The Morgan fingerprint density at radius 2 is 2.08 bits per heavy atom. The number of alkyl halides is 3. The first-order valence-electron chi connectivity index (χ1n) is 4.36. The topological polar surface area (TPSA) is 46.2 Å². The van der Waals surface area contributed by atoms with E-state index in [4.69, 9.17) is 5.73 Å². The number of hydrogen-bond acceptors (Lipinski definition) is 2. The summed E-state index contributed by atoms with van der Waals surface area (Å²) in [6.45, 7) is -0.0837. The Morgan fingerprint density at radius 3 is 2.54 bits per heavy atom. The van der Waals surface area contributed by atoms with Crippen molar-refractivity contribution in [3.8, 4) is 0 Å². The van der Waals surface area contributed by atoms with Gasteiger partial charge in [-0.15, -0.1) is 0 Å². The molecular weight excluding hydrogens is 183 g/mol. The molecule has 78 valence electrons. The smallest absolute Gasteiger partial charge is 0.389 e. The average molecular weight is 197 g/mol. The molecule has 0 unspecified atom stereocenters. The predicted octanol–water partition coefficient (Wildman–Crippen LogP) is 1.43. The zero-order valence-electron chi connectivity index (χ0n) is 7.27. The second kappa shape index (κ2) is 3.46. The lowest BCUT2D eigenvalue weighted by Crippen LogP contribution is -2.45. The van der Waals surface area contributed by atoms with Gasteiger partial charge in [0.25, 0.3) is 0 Å². The maximum atomic E-state index is 12.3. The summed E-state index contributed by atoms with van der Waals surface area (Å²) in [6.07, 6.45) is -3.53. The first kappa shape index (κ1) is 10.8. The second-order valence-corrected chi connectivity index (χ2v) is 3.76. The molecule has 0 saturated heterocycles. The van der Waals surface area contributed by atoms with Crippen LogP contribution in [0.15, 0.2) is 0 Å². The van der Waals surface area contributed by atoms with Crippen LogP contribution in [0.5, 0.6) is 0 Å². The Labute approximate surface area is 74.9 Å². The Bertz CT molecular complexity index is 183. The molecule has 2 atom stereocenters. The van der Waals surface area contributed by atoms with Crippen LogP contribution in [-0.4, -0.2) is 23.4 Å². The van der Waals surface area contributed by atoms with Gasteiger partial charge in [-0.05, 0) is 25.7 Å². The van der Waals surface area contributed by atoms with Gasteiger partial charge in [-0.2, -0.15) is 13.2 Å². The van der Waals surface area contributed by atoms with Crippen LogP contribution in [0.25, 0.3) is 0 Å². The van der Waals surface area contributed by atoms with Crippen molar-refractivity contribution >= 4 is 0 Å². The van der Waals surface area contributed by atoms with Crippen molar-refractivity contribution in [1.82, 2.24) is 0 Å². The van der Waals surface area contributed by atoms with Gasteiger partial charge in [0.1, 0.15) is 0 Å². The average Bonchev–Trinajstić information content (AvgIpc) is 2.03. The van der Waals surface area contributed by atoms with E-state index in [-0.39, 0.29) is 19.4 Å². The SMILES string of the molecule is NC[C@]1(O)CCC[C@@H](C(F)(F)F)C1. The van der Waals surface area contributed by atoms with Gasteiger partial charge in [-0.25, -0.2) is 0 Å². The number of rotatable bonds is 1. The molecule has 1 fully saturated rings. The van der Waals surface area contributed by atoms with Crippen LogP contribution in [0, 0.1) is 5.92 Å². The lowest BCUT2D eigenvalue weighted by Gasteiger charge is -2.36. The minimum Gasteiger partial charge on any atom is -0.389 e. The summed E-state index contributed by atoms with van der Waals surface area (Å²) in [5.74, 6) is -1.38. The molecule has 13 heavy (non-hydrogen) atoms. The summed E-state index contributed by atoms with van der Waals surface area (Å²) < 4.78 is 36.8. The molecule has 3 N–H and O–H groups in total. The van der Waals surface area contributed by atoms with Crippen molar-refractivity contribution in [3.63, 3.8) is 0 Å². The molecule has 1 aliphatic carbocycles. The van der Waals surface area contributed by atoms with Gasteiger partial charge in [0.2, 0.25) is 0 Å². The highest BCUT2D eigenvalue weighted by Crippen LogP contribution is 2.41. The molecule has 0 aromatic carbocycles. The zero-order valence-corrected chi connectivity index (χ0v) is 7.27. The van der Waals surface area contributed by atoms with Gasteiger partial charge in [-0.3, -0.25) is 0 Å². The van der Waals surface area contributed by atoms with Gasteiger partial charge >= 0.3 is 6.18 Å². The quantitative estimate of drug-likeness (QED) is 0.668. The van der Waals surface area contributed by atoms with Crippen LogP contribution in [0.2, 0.25) is 0 Å². The lowest BCUT2D eigenvalue weighted by atomic mass is 9.78. The molecule has 5 heteroatoms. The monoisotopic (exact) mass is 197 g/mol. The predicted molar refractivity (Wildman–Crippen MR) is 42.0 cm³/mol. The molecule has 2 nitrogen and oxygen atoms in total. The third-order valence-electron chi connectivity index (χ3n) is 2.66. The minimum absolute atomic E-state index is 0.0837. The molecule has 1 aliphatic rings. The van der Waals surface area contributed by atoms with Crippen molar-refractivity contribution in [2.45, 2.75) is 37.5 Å². The Hall–Kier alpha value is -0.290. The summed E-state index contributed by atoms with van der Waals surface area (Å²) in [6, 6.07) is 0. The molecule has 0 bridgehead atoms. The first-order valence-corrected chi connectivity index (χ1v) is 4.36. The number of hydrogen-bond donors (Lipinski definition) is 2. The normalized spacial score (nSPS) is 36.2. The summed E-state index contributed by atoms with van der Waals surface area (Å²) in [5.41, 5.74) is 3.93. The van der Waals surface area contributed by atoms with Gasteiger partial charge in [0.15, 0.2) is 0 Å². The largest absolute Gasteiger partial charge is 0.391 e. The summed E-state index contributed by atoms with van der Waals surface area (Å²) >= 11 is 0. The highest BCUT2D eigenvalue weighted by Gasteiger charge is 2.46. The van der Waals surface area contributed by atoms with Crippen molar-refractivity contribution in [3.05, 3.63) is 0 Å². The van der Waals surface area contributed by atoms with Crippen LogP contribution >= 0.6 is 0 Å². The third-order valence-corrected chi connectivity index (χ3v) is 2.66. The number of nitrogens with two attached hydrogens (primary N) is 1. The van der Waals surface area contributed by atoms with E-state index < -0.39 is 17.7 Å². The van der Waals surface area contributed by atoms with Crippen LogP contribution in [-0.2, 0) is 0 Å². The lowest BCUT2D eigenvalue weighted by molar-refractivity contribution is -0.199. The highest BCUT2D eigenvalue weighted by atomic mass is 19.4. The Kier molecular flexibility index (Phi) is 2.87. The van der Waals surface area contributed by atoms with Gasteiger partial charge in [-0.1, -0.05) is 0 Å². The molecule has 0 amide bonds. The van der Waals surface area contributed by atoms with Crippen molar-refractivity contribution < 1.29 is 18.3 Å². The van der Waals surface area contributed by atoms with Gasteiger partial charge in [0.05, 0.1) is 11.5 Å². The second-order valence-electron chi connectivity index (χ2n) is 3.76. The van der Waals surface area contributed by atoms with Gasteiger partial charge < -0.3 is 10.8 Å². The number of aliphatic hydroxyl groups is 1. The molecule has 1 saturated carbocycles. The first-order chi connectivity index (χ1) is 5.87. The number of halogens is 3. The van der Waals surface area contributed by atoms with Crippen molar-refractivity contribution in [2.75, 3.05) is 6.54 Å². The zero-order chi connectivity index (χ0) is 10.1. The molecule has 0 radical (unpaired) electrons. The molecule has 0 aliphatic heterocycles. The Balaban J connectivity index is 2.62. The fraction of sp³-hybridized carbons (Fsp3) is 1.00. The van der Waals surface area contributed by atoms with E-state index in [1.807, 2.05) is 0 Å². The van der Waals surface area contributed by atoms with E-state index in [0.29, 0.717) is 12.8 Å². The molecule has 0 heterocycles. The molecular formula is C8H14F3NO. The maximum Gasteiger partial charge on any atom is 0.391 e. The minimum atomic E-state index is -4.19.